The van der Waals surface area contributed by atoms with E-state index in [2.05, 4.69) is 10.6 Å². The van der Waals surface area contributed by atoms with Gasteiger partial charge in [-0.15, -0.1) is 11.3 Å². The van der Waals surface area contributed by atoms with Crippen molar-refractivity contribution in [1.82, 2.24) is 5.32 Å². The lowest BCUT2D eigenvalue weighted by molar-refractivity contribution is -0.116. The van der Waals surface area contributed by atoms with Crippen LogP contribution in [0, 0.1) is 0 Å². The number of anilines is 2. The molecular weight excluding hydrogens is 318 g/mol. The van der Waals surface area contributed by atoms with Gasteiger partial charge in [-0.1, -0.05) is 12.1 Å². The van der Waals surface area contributed by atoms with E-state index in [-0.39, 0.29) is 16.9 Å². The first-order valence-corrected chi connectivity index (χ1v) is 7.76. The zero-order valence-corrected chi connectivity index (χ0v) is 13.8. The van der Waals surface area contributed by atoms with Gasteiger partial charge in [-0.3, -0.25) is 14.9 Å². The van der Waals surface area contributed by atoms with Crippen LogP contribution in [0.5, 0.6) is 0 Å². The number of nitrogens with zero attached hydrogens (tertiary/aromatic N) is 1. The molecule has 1 aromatic heterocycles. The highest BCUT2D eigenvalue weighted by Gasteiger charge is 2.10. The normalized spacial score (nSPS) is 9.91. The highest BCUT2D eigenvalue weighted by Crippen LogP contribution is 2.18. The van der Waals surface area contributed by atoms with Gasteiger partial charge >= 0.3 is 0 Å². The molecule has 0 unspecified atom stereocenters. The molecule has 5 nitrogen and oxygen atoms in total. The van der Waals surface area contributed by atoms with Gasteiger partial charge in [0.25, 0.3) is 5.91 Å². The lowest BCUT2D eigenvalue weighted by Gasteiger charge is -2.16. The van der Waals surface area contributed by atoms with E-state index >= 15 is 0 Å². The summed E-state index contributed by atoms with van der Waals surface area (Å²) in [6.07, 6.45) is 0. The third kappa shape index (κ3) is 4.12. The van der Waals surface area contributed by atoms with Gasteiger partial charge in [0, 0.05) is 25.3 Å². The first-order chi connectivity index (χ1) is 10.5. The van der Waals surface area contributed by atoms with Gasteiger partial charge in [-0.05, 0) is 41.9 Å². The third-order valence-electron chi connectivity index (χ3n) is 2.94. The van der Waals surface area contributed by atoms with Crippen molar-refractivity contribution in [3.8, 4) is 0 Å². The molecule has 0 atom stereocenters. The van der Waals surface area contributed by atoms with Gasteiger partial charge in [0.05, 0.1) is 4.88 Å². The molecule has 2 aromatic rings. The fraction of sp³-hybridized carbons (Fsp3) is 0.133. The van der Waals surface area contributed by atoms with Crippen LogP contribution in [0.4, 0.5) is 11.4 Å². The number of thiocarbonyl (C=S) groups is 1. The zero-order chi connectivity index (χ0) is 16.1. The lowest BCUT2D eigenvalue weighted by atomic mass is 10.2. The Kier molecular flexibility index (Phi) is 5.24. The molecule has 0 fully saturated rings. The number of hydrogen-bond donors (Lipinski definition) is 2. The molecule has 2 N–H and O–H groups in total. The third-order valence-corrected chi connectivity index (χ3v) is 4.01. The van der Waals surface area contributed by atoms with Gasteiger partial charge in [-0.25, -0.2) is 0 Å². The monoisotopic (exact) mass is 333 g/mol. The number of carbonyl (C=O) groups excluding carboxylic acids is 2. The van der Waals surface area contributed by atoms with E-state index in [0.29, 0.717) is 10.6 Å². The highest BCUT2D eigenvalue weighted by molar-refractivity contribution is 7.80. The second kappa shape index (κ2) is 7.15. The van der Waals surface area contributed by atoms with E-state index in [4.69, 9.17) is 12.2 Å². The minimum atomic E-state index is -0.246. The molecule has 0 aliphatic rings. The van der Waals surface area contributed by atoms with Gasteiger partial charge in [0.2, 0.25) is 5.91 Å². The molecule has 0 aliphatic heterocycles. The van der Waals surface area contributed by atoms with Crippen LogP contribution in [0.3, 0.4) is 0 Å². The average molecular weight is 333 g/mol. The summed E-state index contributed by atoms with van der Waals surface area (Å²) >= 11 is 6.47. The summed E-state index contributed by atoms with van der Waals surface area (Å²) in [6, 6.07) is 10.7. The van der Waals surface area contributed by atoms with Crippen LogP contribution < -0.4 is 15.5 Å². The predicted molar refractivity (Wildman–Crippen MR) is 93.5 cm³/mol. The highest BCUT2D eigenvalue weighted by atomic mass is 32.1. The minimum Gasteiger partial charge on any atom is -0.332 e. The van der Waals surface area contributed by atoms with E-state index in [0.717, 1.165) is 5.69 Å². The van der Waals surface area contributed by atoms with Crippen molar-refractivity contribution >= 4 is 51.9 Å². The van der Waals surface area contributed by atoms with Crippen LogP contribution in [-0.4, -0.2) is 24.0 Å². The first kappa shape index (κ1) is 16.1. The van der Waals surface area contributed by atoms with Crippen molar-refractivity contribution in [2.75, 3.05) is 17.3 Å². The van der Waals surface area contributed by atoms with E-state index in [1.54, 1.807) is 37.4 Å². The molecule has 1 aromatic carbocycles. The Hall–Kier alpha value is -2.25. The Morgan fingerprint density at radius 2 is 2.00 bits per heavy atom. The molecule has 0 radical (unpaired) electrons. The van der Waals surface area contributed by atoms with E-state index in [9.17, 15) is 9.59 Å². The molecule has 2 rings (SSSR count). The van der Waals surface area contributed by atoms with Gasteiger partial charge in [0.1, 0.15) is 0 Å². The Bertz CT molecular complexity index is 699. The van der Waals surface area contributed by atoms with Gasteiger partial charge in [-0.2, -0.15) is 0 Å². The van der Waals surface area contributed by atoms with Gasteiger partial charge < -0.3 is 10.2 Å². The summed E-state index contributed by atoms with van der Waals surface area (Å²) in [7, 11) is 1.69. The Labute approximate surface area is 137 Å². The Balaban J connectivity index is 2.01. The average Bonchev–Trinajstić information content (AvgIpc) is 3.00. The van der Waals surface area contributed by atoms with Crippen LogP contribution >= 0.6 is 23.6 Å². The summed E-state index contributed by atoms with van der Waals surface area (Å²) in [5.41, 5.74) is 1.44. The molecule has 0 bridgehead atoms. The number of amides is 2. The number of hydrogen-bond acceptors (Lipinski definition) is 4. The van der Waals surface area contributed by atoms with Crippen molar-refractivity contribution in [1.29, 1.82) is 0 Å². The van der Waals surface area contributed by atoms with Crippen molar-refractivity contribution in [2.24, 2.45) is 0 Å². The molecule has 7 heteroatoms. The molecule has 0 aliphatic carbocycles. The molecule has 114 valence electrons. The molecule has 0 spiro atoms. The fourth-order valence-corrected chi connectivity index (χ4v) is 2.54. The number of rotatable bonds is 3. The second-order valence-electron chi connectivity index (χ2n) is 4.51. The second-order valence-corrected chi connectivity index (χ2v) is 5.87. The maximum Gasteiger partial charge on any atom is 0.267 e. The number of nitrogens with one attached hydrogen (secondary N) is 2. The van der Waals surface area contributed by atoms with Crippen LogP contribution in [0.25, 0.3) is 0 Å². The smallest absolute Gasteiger partial charge is 0.267 e. The largest absolute Gasteiger partial charge is 0.332 e. The minimum absolute atomic E-state index is 0.0641. The molecule has 1 heterocycles. The van der Waals surface area contributed by atoms with Crippen LogP contribution in [0.1, 0.15) is 16.6 Å². The van der Waals surface area contributed by atoms with Crippen molar-refractivity contribution in [3.63, 3.8) is 0 Å². The first-order valence-electron chi connectivity index (χ1n) is 6.47. The molecule has 0 saturated heterocycles. The van der Waals surface area contributed by atoms with Crippen molar-refractivity contribution in [2.45, 2.75) is 6.92 Å². The quantitative estimate of drug-likeness (QED) is 0.848. The predicted octanol–water partition coefficient (Wildman–Crippen LogP) is 2.86. The summed E-state index contributed by atoms with van der Waals surface area (Å²) < 4.78 is 0. The number of thiophene rings is 1. The van der Waals surface area contributed by atoms with E-state index < -0.39 is 0 Å². The maximum absolute atomic E-state index is 11.9. The standard InChI is InChI=1S/C15H15N3O2S2/c1-10(19)18(2)12-6-3-5-11(9-12)16-15(21)17-14(20)13-7-4-8-22-13/h3-9H,1-2H3,(H2,16,17,20,21). The number of benzene rings is 1. The summed E-state index contributed by atoms with van der Waals surface area (Å²) in [4.78, 5) is 25.4. The van der Waals surface area contributed by atoms with Crippen LogP contribution in [0.2, 0.25) is 0 Å². The maximum atomic E-state index is 11.9. The van der Waals surface area contributed by atoms with Gasteiger partial charge in [0.15, 0.2) is 5.11 Å². The summed E-state index contributed by atoms with van der Waals surface area (Å²) in [6.45, 7) is 1.49. The zero-order valence-electron chi connectivity index (χ0n) is 12.1. The molecular formula is C15H15N3O2S2. The number of carbonyl (C=O) groups is 2. The van der Waals surface area contributed by atoms with Crippen molar-refractivity contribution in [3.05, 3.63) is 46.7 Å². The summed E-state index contributed by atoms with van der Waals surface area (Å²) in [5, 5.41) is 7.58. The molecule has 22 heavy (non-hydrogen) atoms. The Morgan fingerprint density at radius 1 is 1.23 bits per heavy atom. The molecule has 0 saturated carbocycles. The van der Waals surface area contributed by atoms with Crippen molar-refractivity contribution < 1.29 is 9.59 Å². The van der Waals surface area contributed by atoms with Crippen LogP contribution in [0.15, 0.2) is 41.8 Å². The van der Waals surface area contributed by atoms with E-state index in [1.165, 1.54) is 23.2 Å². The Morgan fingerprint density at radius 3 is 2.64 bits per heavy atom. The van der Waals surface area contributed by atoms with Crippen LogP contribution in [-0.2, 0) is 4.79 Å². The topological polar surface area (TPSA) is 61.4 Å². The van der Waals surface area contributed by atoms with E-state index in [1.807, 2.05) is 11.4 Å². The lowest BCUT2D eigenvalue weighted by Crippen LogP contribution is -2.33. The molecule has 2 amide bonds. The fourth-order valence-electron chi connectivity index (χ4n) is 1.71. The SMILES string of the molecule is CC(=O)N(C)c1cccc(NC(=S)NC(=O)c2cccs2)c1. The summed E-state index contributed by atoms with van der Waals surface area (Å²) in [5.74, 6) is -0.310.